The molecule has 1 aromatic heterocycles. The van der Waals surface area contributed by atoms with Crippen molar-refractivity contribution in [2.45, 2.75) is 12.6 Å². The lowest BCUT2D eigenvalue weighted by Crippen LogP contribution is -2.31. The average molecular weight is 277 g/mol. The third kappa shape index (κ3) is 4.29. The maximum Gasteiger partial charge on any atom is 0.161 e. The van der Waals surface area contributed by atoms with Crippen LogP contribution in [0.4, 0.5) is 0 Å². The Morgan fingerprint density at radius 1 is 1.25 bits per heavy atom. The summed E-state index contributed by atoms with van der Waals surface area (Å²) in [5, 5.41) is 13.0. The van der Waals surface area contributed by atoms with Crippen molar-refractivity contribution in [2.75, 3.05) is 20.3 Å². The molecule has 5 heteroatoms. The predicted octanol–water partition coefficient (Wildman–Crippen LogP) is 1.82. The fourth-order valence-electron chi connectivity index (χ4n) is 1.76. The Kier molecular flexibility index (Phi) is 5.46. The Labute approximate surface area is 118 Å². The van der Waals surface area contributed by atoms with Gasteiger partial charge in [0, 0.05) is 18.7 Å². The van der Waals surface area contributed by atoms with Crippen LogP contribution in [-0.2, 0) is 6.54 Å². The molecule has 20 heavy (non-hydrogen) atoms. The highest BCUT2D eigenvalue weighted by Crippen LogP contribution is 2.25. The molecule has 0 saturated carbocycles. The van der Waals surface area contributed by atoms with E-state index >= 15 is 0 Å². The summed E-state index contributed by atoms with van der Waals surface area (Å²) in [5.74, 6) is 1.29. The molecule has 1 atom stereocenters. The lowest BCUT2D eigenvalue weighted by atomic mass is 10.3. The fraction of sp³-hybridized carbons (Fsp3) is 0.333. The van der Waals surface area contributed by atoms with Crippen LogP contribution in [0.1, 0.15) is 5.56 Å². The van der Waals surface area contributed by atoms with E-state index in [1.165, 1.54) is 0 Å². The van der Waals surface area contributed by atoms with E-state index in [-0.39, 0.29) is 6.61 Å². The van der Waals surface area contributed by atoms with Gasteiger partial charge in [0.2, 0.25) is 0 Å². The smallest absolute Gasteiger partial charge is 0.161 e. The van der Waals surface area contributed by atoms with Gasteiger partial charge >= 0.3 is 0 Å². The van der Waals surface area contributed by atoms with E-state index in [1.807, 2.05) is 30.3 Å². The molecule has 0 aliphatic carbocycles. The molecular formula is C15H19NO4. The molecule has 2 N–H and O–H groups in total. The molecule has 0 aliphatic rings. The lowest BCUT2D eigenvalue weighted by Gasteiger charge is -2.14. The second-order valence-electron chi connectivity index (χ2n) is 4.38. The van der Waals surface area contributed by atoms with Gasteiger partial charge in [-0.05, 0) is 18.2 Å². The SMILES string of the molecule is COc1ccccc1OCC(O)CNCc1ccoc1. The number of methoxy groups -OCH3 is 1. The summed E-state index contributed by atoms with van der Waals surface area (Å²) in [6, 6.07) is 9.24. The van der Waals surface area contributed by atoms with Crippen LogP contribution < -0.4 is 14.8 Å². The Bertz CT molecular complexity index is 498. The zero-order chi connectivity index (χ0) is 14.2. The first-order valence-electron chi connectivity index (χ1n) is 6.45. The molecule has 1 unspecified atom stereocenters. The minimum Gasteiger partial charge on any atom is -0.493 e. The molecule has 5 nitrogen and oxygen atoms in total. The molecule has 0 fully saturated rings. The number of rotatable bonds is 8. The number of furan rings is 1. The number of para-hydroxylation sites is 2. The van der Waals surface area contributed by atoms with Gasteiger partial charge in [0.25, 0.3) is 0 Å². The first kappa shape index (κ1) is 14.4. The van der Waals surface area contributed by atoms with E-state index in [9.17, 15) is 5.11 Å². The maximum atomic E-state index is 9.85. The molecule has 108 valence electrons. The van der Waals surface area contributed by atoms with Gasteiger partial charge in [0.1, 0.15) is 12.7 Å². The third-order valence-corrected chi connectivity index (χ3v) is 2.79. The number of nitrogens with one attached hydrogen (secondary N) is 1. The molecular weight excluding hydrogens is 258 g/mol. The maximum absolute atomic E-state index is 9.85. The molecule has 1 heterocycles. The van der Waals surface area contributed by atoms with Crippen molar-refractivity contribution in [3.05, 3.63) is 48.4 Å². The number of aliphatic hydroxyl groups excluding tert-OH is 1. The summed E-state index contributed by atoms with van der Waals surface area (Å²) < 4.78 is 15.7. The molecule has 0 saturated heterocycles. The Balaban J connectivity index is 1.70. The number of hydrogen-bond acceptors (Lipinski definition) is 5. The molecule has 2 rings (SSSR count). The molecule has 0 aliphatic heterocycles. The minimum absolute atomic E-state index is 0.207. The van der Waals surface area contributed by atoms with Crippen LogP contribution in [0.2, 0.25) is 0 Å². The van der Waals surface area contributed by atoms with Crippen molar-refractivity contribution < 1.29 is 19.0 Å². The first-order valence-corrected chi connectivity index (χ1v) is 6.45. The van der Waals surface area contributed by atoms with Crippen LogP contribution in [0.25, 0.3) is 0 Å². The van der Waals surface area contributed by atoms with Crippen LogP contribution >= 0.6 is 0 Å². The normalized spacial score (nSPS) is 12.1. The van der Waals surface area contributed by atoms with Gasteiger partial charge in [-0.25, -0.2) is 0 Å². The van der Waals surface area contributed by atoms with E-state index in [0.717, 1.165) is 5.56 Å². The van der Waals surface area contributed by atoms with Gasteiger partial charge in [-0.15, -0.1) is 0 Å². The molecule has 1 aromatic carbocycles. The van der Waals surface area contributed by atoms with E-state index in [0.29, 0.717) is 24.6 Å². The minimum atomic E-state index is -0.591. The lowest BCUT2D eigenvalue weighted by molar-refractivity contribution is 0.104. The standard InChI is InChI=1S/C15H19NO4/c1-18-14-4-2-3-5-15(14)20-11-13(17)9-16-8-12-6-7-19-10-12/h2-7,10,13,16-17H,8-9,11H2,1H3. The summed E-state index contributed by atoms with van der Waals surface area (Å²) in [4.78, 5) is 0. The number of ether oxygens (including phenoxy) is 2. The quantitative estimate of drug-likeness (QED) is 0.770. The van der Waals surface area contributed by atoms with Gasteiger partial charge in [-0.2, -0.15) is 0 Å². The Morgan fingerprint density at radius 3 is 2.75 bits per heavy atom. The Hall–Kier alpha value is -1.98. The van der Waals surface area contributed by atoms with Crippen LogP contribution in [0.15, 0.2) is 47.3 Å². The monoisotopic (exact) mass is 277 g/mol. The van der Waals surface area contributed by atoms with Gasteiger partial charge in [0.05, 0.1) is 19.6 Å². The van der Waals surface area contributed by atoms with E-state index < -0.39 is 6.10 Å². The highest BCUT2D eigenvalue weighted by molar-refractivity contribution is 5.39. The molecule has 0 spiro atoms. The van der Waals surface area contributed by atoms with Gasteiger partial charge < -0.3 is 24.3 Å². The second-order valence-corrected chi connectivity index (χ2v) is 4.38. The van der Waals surface area contributed by atoms with Crippen molar-refractivity contribution in [1.29, 1.82) is 0 Å². The second kappa shape index (κ2) is 7.57. The van der Waals surface area contributed by atoms with Crippen LogP contribution in [0.5, 0.6) is 11.5 Å². The Morgan fingerprint density at radius 2 is 2.05 bits per heavy atom. The molecule has 0 amide bonds. The van der Waals surface area contributed by atoms with Crippen LogP contribution in [-0.4, -0.2) is 31.5 Å². The number of aliphatic hydroxyl groups is 1. The van der Waals surface area contributed by atoms with Crippen molar-refractivity contribution in [3.63, 3.8) is 0 Å². The van der Waals surface area contributed by atoms with Crippen molar-refractivity contribution in [2.24, 2.45) is 0 Å². The molecule has 0 radical (unpaired) electrons. The number of benzene rings is 1. The summed E-state index contributed by atoms with van der Waals surface area (Å²) in [5.41, 5.74) is 1.04. The van der Waals surface area contributed by atoms with Crippen molar-refractivity contribution in [3.8, 4) is 11.5 Å². The van der Waals surface area contributed by atoms with Crippen molar-refractivity contribution in [1.82, 2.24) is 5.32 Å². The van der Waals surface area contributed by atoms with Gasteiger partial charge in [0.15, 0.2) is 11.5 Å². The molecule has 0 bridgehead atoms. The topological polar surface area (TPSA) is 63.9 Å². The van der Waals surface area contributed by atoms with Gasteiger partial charge in [-0.1, -0.05) is 12.1 Å². The fourth-order valence-corrected chi connectivity index (χ4v) is 1.76. The highest BCUT2D eigenvalue weighted by Gasteiger charge is 2.08. The third-order valence-electron chi connectivity index (χ3n) is 2.79. The summed E-state index contributed by atoms with van der Waals surface area (Å²) in [7, 11) is 1.59. The first-order chi connectivity index (χ1) is 9.79. The van der Waals surface area contributed by atoms with Crippen LogP contribution in [0, 0.1) is 0 Å². The van der Waals surface area contributed by atoms with Gasteiger partial charge in [-0.3, -0.25) is 0 Å². The summed E-state index contributed by atoms with van der Waals surface area (Å²) in [6.07, 6.45) is 2.70. The van der Waals surface area contributed by atoms with E-state index in [4.69, 9.17) is 13.9 Å². The molecule has 2 aromatic rings. The summed E-state index contributed by atoms with van der Waals surface area (Å²) >= 11 is 0. The zero-order valence-electron chi connectivity index (χ0n) is 11.4. The van der Waals surface area contributed by atoms with E-state index in [2.05, 4.69) is 5.32 Å². The largest absolute Gasteiger partial charge is 0.493 e. The predicted molar refractivity (Wildman–Crippen MR) is 74.9 cm³/mol. The average Bonchev–Trinajstić information content (AvgIpc) is 2.98. The zero-order valence-corrected chi connectivity index (χ0v) is 11.4. The van der Waals surface area contributed by atoms with Crippen molar-refractivity contribution >= 4 is 0 Å². The summed E-state index contributed by atoms with van der Waals surface area (Å²) in [6.45, 7) is 1.31. The van der Waals surface area contributed by atoms with E-state index in [1.54, 1.807) is 19.6 Å². The highest BCUT2D eigenvalue weighted by atomic mass is 16.5. The van der Waals surface area contributed by atoms with Crippen LogP contribution in [0.3, 0.4) is 0 Å². The number of hydrogen-bond donors (Lipinski definition) is 2.